The highest BCUT2D eigenvalue weighted by Crippen LogP contribution is 2.26. The lowest BCUT2D eigenvalue weighted by Crippen LogP contribution is -2.19. The van der Waals surface area contributed by atoms with E-state index >= 15 is 0 Å². The number of pyridine rings is 1. The molecular weight excluding hydrogens is 363 g/mol. The van der Waals surface area contributed by atoms with Gasteiger partial charge in [0.05, 0.1) is 3.57 Å². The summed E-state index contributed by atoms with van der Waals surface area (Å²) in [6, 6.07) is 12.3. The fraction of sp³-hybridized carbons (Fsp3) is 0.312. The molecule has 0 saturated carbocycles. The Bertz CT molecular complexity index is 560. The van der Waals surface area contributed by atoms with Crippen LogP contribution in [0.3, 0.4) is 0 Å². The average molecular weight is 382 g/mol. The predicted octanol–water partition coefficient (Wildman–Crippen LogP) is 4.54. The molecule has 1 unspecified atom stereocenters. The minimum Gasteiger partial charge on any atom is -0.438 e. The fourth-order valence-electron chi connectivity index (χ4n) is 1.87. The van der Waals surface area contributed by atoms with E-state index < -0.39 is 0 Å². The van der Waals surface area contributed by atoms with Gasteiger partial charge in [-0.25, -0.2) is 4.98 Å². The molecule has 2 rings (SSSR count). The van der Waals surface area contributed by atoms with Gasteiger partial charge in [0, 0.05) is 18.3 Å². The largest absolute Gasteiger partial charge is 0.438 e. The zero-order valence-electron chi connectivity index (χ0n) is 11.8. The van der Waals surface area contributed by atoms with Crippen LogP contribution in [0.2, 0.25) is 0 Å². The van der Waals surface area contributed by atoms with Crippen LogP contribution in [-0.4, -0.2) is 11.5 Å². The van der Waals surface area contributed by atoms with Crippen molar-refractivity contribution in [2.45, 2.75) is 26.3 Å². The molecule has 1 N–H and O–H groups in total. The normalized spacial score (nSPS) is 12.2. The smallest absolute Gasteiger partial charge is 0.219 e. The number of hydrogen-bond acceptors (Lipinski definition) is 3. The second-order valence-corrected chi connectivity index (χ2v) is 5.80. The Balaban J connectivity index is 2.12. The highest BCUT2D eigenvalue weighted by atomic mass is 127. The molecule has 0 aliphatic rings. The lowest BCUT2D eigenvalue weighted by Gasteiger charge is -2.14. The summed E-state index contributed by atoms with van der Waals surface area (Å²) in [7, 11) is 0. The van der Waals surface area contributed by atoms with Gasteiger partial charge in [-0.05, 0) is 66.2 Å². The van der Waals surface area contributed by atoms with Gasteiger partial charge < -0.3 is 10.1 Å². The third kappa shape index (κ3) is 4.18. The Hall–Kier alpha value is -1.14. The number of nitrogens with zero attached hydrogens (tertiary/aromatic N) is 1. The molecule has 106 valence electrons. The van der Waals surface area contributed by atoms with E-state index in [-0.39, 0.29) is 0 Å². The van der Waals surface area contributed by atoms with Crippen LogP contribution in [0.5, 0.6) is 11.6 Å². The second-order valence-electron chi connectivity index (χ2n) is 4.64. The molecule has 0 aliphatic heterocycles. The maximum Gasteiger partial charge on any atom is 0.219 e. The summed E-state index contributed by atoms with van der Waals surface area (Å²) in [4.78, 5) is 4.29. The molecule has 0 radical (unpaired) electrons. The molecule has 1 aromatic heterocycles. The Morgan fingerprint density at radius 2 is 2.10 bits per heavy atom. The standard InChI is InChI=1S/C16H19IN2O/c1-3-9-18-12(2)13-8-10-19-16(11-13)20-15-7-5-4-6-14(15)17/h4-8,10-12,18H,3,9H2,1-2H3. The van der Waals surface area contributed by atoms with Crippen LogP contribution in [0.15, 0.2) is 42.6 Å². The van der Waals surface area contributed by atoms with Crippen LogP contribution in [0.1, 0.15) is 31.9 Å². The molecular formula is C16H19IN2O. The van der Waals surface area contributed by atoms with Gasteiger partial charge in [0.1, 0.15) is 5.75 Å². The number of benzene rings is 1. The third-order valence-corrected chi connectivity index (χ3v) is 3.90. The maximum atomic E-state index is 5.86. The summed E-state index contributed by atoms with van der Waals surface area (Å²) in [5.41, 5.74) is 1.19. The van der Waals surface area contributed by atoms with E-state index in [1.165, 1.54) is 5.56 Å². The van der Waals surface area contributed by atoms with E-state index in [9.17, 15) is 0 Å². The number of nitrogens with one attached hydrogen (secondary N) is 1. The molecule has 0 bridgehead atoms. The minimum atomic E-state index is 0.301. The van der Waals surface area contributed by atoms with Crippen molar-refractivity contribution >= 4 is 22.6 Å². The van der Waals surface area contributed by atoms with E-state index in [2.05, 4.69) is 46.7 Å². The van der Waals surface area contributed by atoms with Gasteiger partial charge in [0.15, 0.2) is 0 Å². The maximum absolute atomic E-state index is 5.86. The molecule has 0 spiro atoms. The monoisotopic (exact) mass is 382 g/mol. The molecule has 0 amide bonds. The predicted molar refractivity (Wildman–Crippen MR) is 90.2 cm³/mol. The van der Waals surface area contributed by atoms with Gasteiger partial charge in [-0.3, -0.25) is 0 Å². The number of halogens is 1. The molecule has 4 heteroatoms. The molecule has 1 heterocycles. The van der Waals surface area contributed by atoms with Crippen molar-refractivity contribution in [3.8, 4) is 11.6 Å². The van der Waals surface area contributed by atoms with Crippen LogP contribution >= 0.6 is 22.6 Å². The number of ether oxygens (including phenoxy) is 1. The van der Waals surface area contributed by atoms with Crippen molar-refractivity contribution in [2.24, 2.45) is 0 Å². The highest BCUT2D eigenvalue weighted by Gasteiger charge is 2.08. The van der Waals surface area contributed by atoms with Crippen molar-refractivity contribution < 1.29 is 4.74 Å². The molecule has 3 nitrogen and oxygen atoms in total. The van der Waals surface area contributed by atoms with Crippen LogP contribution in [-0.2, 0) is 0 Å². The summed E-state index contributed by atoms with van der Waals surface area (Å²) in [5, 5.41) is 3.47. The summed E-state index contributed by atoms with van der Waals surface area (Å²) < 4.78 is 6.94. The third-order valence-electron chi connectivity index (χ3n) is 3.01. The number of para-hydroxylation sites is 1. The number of hydrogen-bond donors (Lipinski definition) is 1. The first-order chi connectivity index (χ1) is 9.70. The zero-order chi connectivity index (χ0) is 14.4. The molecule has 0 fully saturated rings. The molecule has 2 aromatic rings. The molecule has 1 atom stereocenters. The van der Waals surface area contributed by atoms with E-state index in [1.807, 2.05) is 36.4 Å². The molecule has 1 aromatic carbocycles. The summed E-state index contributed by atoms with van der Waals surface area (Å²) >= 11 is 2.26. The first-order valence-corrected chi connectivity index (χ1v) is 7.90. The van der Waals surface area contributed by atoms with Crippen LogP contribution in [0.25, 0.3) is 0 Å². The van der Waals surface area contributed by atoms with Gasteiger partial charge in [0.25, 0.3) is 0 Å². The van der Waals surface area contributed by atoms with E-state index in [0.29, 0.717) is 11.9 Å². The second kappa shape index (κ2) is 7.59. The van der Waals surface area contributed by atoms with Crippen molar-refractivity contribution in [3.63, 3.8) is 0 Å². The van der Waals surface area contributed by atoms with Crippen molar-refractivity contribution in [1.29, 1.82) is 0 Å². The van der Waals surface area contributed by atoms with Gasteiger partial charge in [-0.15, -0.1) is 0 Å². The van der Waals surface area contributed by atoms with Crippen molar-refractivity contribution in [3.05, 3.63) is 51.7 Å². The number of aromatic nitrogens is 1. The van der Waals surface area contributed by atoms with Gasteiger partial charge >= 0.3 is 0 Å². The van der Waals surface area contributed by atoms with Crippen LogP contribution < -0.4 is 10.1 Å². The Morgan fingerprint density at radius 3 is 2.85 bits per heavy atom. The lowest BCUT2D eigenvalue weighted by molar-refractivity contribution is 0.457. The Morgan fingerprint density at radius 1 is 1.30 bits per heavy atom. The van der Waals surface area contributed by atoms with E-state index in [0.717, 1.165) is 22.3 Å². The summed E-state index contributed by atoms with van der Waals surface area (Å²) in [6.07, 6.45) is 2.92. The molecule has 0 aliphatic carbocycles. The zero-order valence-corrected chi connectivity index (χ0v) is 13.9. The van der Waals surface area contributed by atoms with Gasteiger partial charge in [-0.2, -0.15) is 0 Å². The van der Waals surface area contributed by atoms with Crippen LogP contribution in [0, 0.1) is 3.57 Å². The quantitative estimate of drug-likeness (QED) is 0.745. The Labute approximate surface area is 133 Å². The topological polar surface area (TPSA) is 34.2 Å². The first-order valence-electron chi connectivity index (χ1n) is 6.82. The van der Waals surface area contributed by atoms with Crippen molar-refractivity contribution in [2.75, 3.05) is 6.54 Å². The van der Waals surface area contributed by atoms with Crippen molar-refractivity contribution in [1.82, 2.24) is 10.3 Å². The molecule has 0 saturated heterocycles. The average Bonchev–Trinajstić information content (AvgIpc) is 2.47. The Kier molecular flexibility index (Phi) is 5.79. The SMILES string of the molecule is CCCNC(C)c1ccnc(Oc2ccccc2I)c1. The van der Waals surface area contributed by atoms with Gasteiger partial charge in [-0.1, -0.05) is 19.1 Å². The van der Waals surface area contributed by atoms with E-state index in [4.69, 9.17) is 4.74 Å². The minimum absolute atomic E-state index is 0.301. The number of rotatable bonds is 6. The highest BCUT2D eigenvalue weighted by molar-refractivity contribution is 14.1. The fourth-order valence-corrected chi connectivity index (χ4v) is 2.37. The lowest BCUT2D eigenvalue weighted by atomic mass is 10.1. The molecule has 20 heavy (non-hydrogen) atoms. The van der Waals surface area contributed by atoms with Crippen LogP contribution in [0.4, 0.5) is 0 Å². The van der Waals surface area contributed by atoms with Gasteiger partial charge in [0.2, 0.25) is 5.88 Å². The first kappa shape index (κ1) is 15.3. The summed E-state index contributed by atoms with van der Waals surface area (Å²) in [6.45, 7) is 5.33. The summed E-state index contributed by atoms with van der Waals surface area (Å²) in [5.74, 6) is 1.48. The van der Waals surface area contributed by atoms with E-state index in [1.54, 1.807) is 6.20 Å².